The van der Waals surface area contributed by atoms with E-state index in [0.717, 1.165) is 44.1 Å². The largest absolute Gasteiger partial charge is 0.492 e. The lowest BCUT2D eigenvalue weighted by molar-refractivity contribution is 0.213. The van der Waals surface area contributed by atoms with E-state index in [1.165, 1.54) is 13.0 Å². The molecular weight excluding hydrogens is 270 g/mol. The van der Waals surface area contributed by atoms with Crippen LogP contribution in [-0.2, 0) is 0 Å². The summed E-state index contributed by atoms with van der Waals surface area (Å²) in [6.07, 6.45) is 1.24. The number of benzene rings is 1. The van der Waals surface area contributed by atoms with E-state index in [9.17, 15) is 0 Å². The first-order valence-electron chi connectivity index (χ1n) is 7.09. The number of hydrogen-bond acceptors (Lipinski definition) is 4. The fourth-order valence-electron chi connectivity index (χ4n) is 2.33. The van der Waals surface area contributed by atoms with Crippen LogP contribution in [0, 0.1) is 0 Å². The highest BCUT2D eigenvalue weighted by Gasteiger charge is 2.11. The molecule has 0 spiro atoms. The predicted octanol–water partition coefficient (Wildman–Crippen LogP) is 1.34. The van der Waals surface area contributed by atoms with E-state index < -0.39 is 0 Å². The maximum atomic E-state index is 5.77. The Hall–Kier alpha value is -1.17. The molecule has 1 aliphatic rings. The molecule has 1 heterocycles. The Morgan fingerprint density at radius 3 is 2.65 bits per heavy atom. The van der Waals surface area contributed by atoms with Crippen molar-refractivity contribution in [3.63, 3.8) is 0 Å². The Morgan fingerprint density at radius 1 is 1.20 bits per heavy atom. The van der Waals surface area contributed by atoms with Crippen LogP contribution in [0.1, 0.15) is 12.0 Å². The molecule has 0 aliphatic carbocycles. The zero-order valence-electron chi connectivity index (χ0n) is 12.0. The van der Waals surface area contributed by atoms with Crippen LogP contribution >= 0.6 is 12.2 Å². The summed E-state index contributed by atoms with van der Waals surface area (Å²) in [5.41, 5.74) is 6.45. The molecule has 2 N–H and O–H groups in total. The highest BCUT2D eigenvalue weighted by atomic mass is 32.1. The molecule has 0 unspecified atom stereocenters. The van der Waals surface area contributed by atoms with Crippen molar-refractivity contribution in [2.75, 3.05) is 46.4 Å². The van der Waals surface area contributed by atoms with E-state index in [2.05, 4.69) is 16.8 Å². The minimum absolute atomic E-state index is 0.422. The molecule has 1 aromatic rings. The van der Waals surface area contributed by atoms with Crippen molar-refractivity contribution in [3.05, 3.63) is 29.8 Å². The Balaban J connectivity index is 1.73. The van der Waals surface area contributed by atoms with Gasteiger partial charge in [-0.2, -0.15) is 0 Å². The second kappa shape index (κ2) is 7.57. The normalized spacial score (nSPS) is 17.6. The van der Waals surface area contributed by atoms with Gasteiger partial charge in [0.2, 0.25) is 0 Å². The highest BCUT2D eigenvalue weighted by molar-refractivity contribution is 7.80. The van der Waals surface area contributed by atoms with Crippen LogP contribution in [0.2, 0.25) is 0 Å². The summed E-state index contributed by atoms with van der Waals surface area (Å²) in [6.45, 7) is 6.32. The number of thiocarbonyl (C=S) groups is 1. The van der Waals surface area contributed by atoms with E-state index in [0.29, 0.717) is 4.99 Å². The van der Waals surface area contributed by atoms with Crippen LogP contribution in [0.15, 0.2) is 24.3 Å². The van der Waals surface area contributed by atoms with Gasteiger partial charge in [-0.1, -0.05) is 12.2 Å². The number of rotatable bonds is 5. The number of ether oxygens (including phenoxy) is 1. The summed E-state index contributed by atoms with van der Waals surface area (Å²) in [4.78, 5) is 5.27. The van der Waals surface area contributed by atoms with Crippen molar-refractivity contribution < 1.29 is 4.74 Å². The van der Waals surface area contributed by atoms with Crippen LogP contribution in [0.4, 0.5) is 0 Å². The Morgan fingerprint density at radius 2 is 1.95 bits per heavy atom. The first-order chi connectivity index (χ1) is 9.65. The summed E-state index contributed by atoms with van der Waals surface area (Å²) in [5, 5.41) is 0. The lowest BCUT2D eigenvalue weighted by atomic mass is 10.2. The van der Waals surface area contributed by atoms with Crippen LogP contribution in [0.3, 0.4) is 0 Å². The first-order valence-corrected chi connectivity index (χ1v) is 7.49. The number of nitrogens with two attached hydrogens (primary N) is 1. The van der Waals surface area contributed by atoms with Gasteiger partial charge < -0.3 is 15.4 Å². The third kappa shape index (κ3) is 4.74. The van der Waals surface area contributed by atoms with Crippen molar-refractivity contribution in [2.24, 2.45) is 5.73 Å². The molecule has 1 fully saturated rings. The van der Waals surface area contributed by atoms with Crippen molar-refractivity contribution in [3.8, 4) is 5.75 Å². The molecule has 5 heteroatoms. The van der Waals surface area contributed by atoms with Crippen molar-refractivity contribution in [2.45, 2.75) is 6.42 Å². The minimum atomic E-state index is 0.422. The molecule has 1 aliphatic heterocycles. The highest BCUT2D eigenvalue weighted by Crippen LogP contribution is 2.12. The fourth-order valence-corrected chi connectivity index (χ4v) is 2.47. The molecular formula is C15H23N3OS. The van der Waals surface area contributed by atoms with E-state index in [1.54, 1.807) is 0 Å². The van der Waals surface area contributed by atoms with Crippen molar-refractivity contribution >= 4 is 17.2 Å². The van der Waals surface area contributed by atoms with E-state index >= 15 is 0 Å². The van der Waals surface area contributed by atoms with Gasteiger partial charge in [0.1, 0.15) is 17.3 Å². The minimum Gasteiger partial charge on any atom is -0.492 e. The van der Waals surface area contributed by atoms with Gasteiger partial charge in [-0.25, -0.2) is 0 Å². The maximum Gasteiger partial charge on any atom is 0.119 e. The fraction of sp³-hybridized carbons (Fsp3) is 0.533. The van der Waals surface area contributed by atoms with Gasteiger partial charge in [0.15, 0.2) is 0 Å². The molecule has 0 radical (unpaired) electrons. The zero-order chi connectivity index (χ0) is 14.4. The topological polar surface area (TPSA) is 41.7 Å². The zero-order valence-corrected chi connectivity index (χ0v) is 12.9. The summed E-state index contributed by atoms with van der Waals surface area (Å²) in [5.74, 6) is 0.872. The standard InChI is InChI=1S/C15H23N3OS/c1-17-7-2-8-18(10-9-17)11-12-19-14-5-3-13(4-6-14)15(16)20/h3-6H,2,7-12H2,1H3,(H2,16,20). The lowest BCUT2D eigenvalue weighted by Gasteiger charge is -2.20. The van der Waals surface area contributed by atoms with Gasteiger partial charge in [-0.15, -0.1) is 0 Å². The molecule has 4 nitrogen and oxygen atoms in total. The monoisotopic (exact) mass is 293 g/mol. The second-order valence-corrected chi connectivity index (χ2v) is 5.68. The van der Waals surface area contributed by atoms with Gasteiger partial charge in [-0.05, 0) is 50.8 Å². The summed E-state index contributed by atoms with van der Waals surface area (Å²) < 4.78 is 5.77. The maximum absolute atomic E-state index is 5.77. The molecule has 20 heavy (non-hydrogen) atoms. The average Bonchev–Trinajstić information content (AvgIpc) is 2.64. The van der Waals surface area contributed by atoms with Crippen molar-refractivity contribution in [1.82, 2.24) is 9.80 Å². The molecule has 0 amide bonds. The molecule has 2 rings (SSSR count). The lowest BCUT2D eigenvalue weighted by Crippen LogP contribution is -2.32. The van der Waals surface area contributed by atoms with Gasteiger partial charge in [-0.3, -0.25) is 4.90 Å². The molecule has 0 aromatic heterocycles. The van der Waals surface area contributed by atoms with Crippen LogP contribution in [0.5, 0.6) is 5.75 Å². The van der Waals surface area contributed by atoms with E-state index in [-0.39, 0.29) is 0 Å². The number of hydrogen-bond donors (Lipinski definition) is 1. The van der Waals surface area contributed by atoms with E-state index in [1.807, 2.05) is 24.3 Å². The first kappa shape index (κ1) is 15.2. The Bertz CT molecular complexity index is 435. The third-order valence-electron chi connectivity index (χ3n) is 3.63. The Labute approximate surface area is 126 Å². The van der Waals surface area contributed by atoms with Crippen LogP contribution in [0.25, 0.3) is 0 Å². The number of nitrogens with zero attached hydrogens (tertiary/aromatic N) is 2. The van der Waals surface area contributed by atoms with Gasteiger partial charge in [0, 0.05) is 25.2 Å². The molecule has 0 atom stereocenters. The second-order valence-electron chi connectivity index (χ2n) is 5.24. The predicted molar refractivity (Wildman–Crippen MR) is 86.4 cm³/mol. The SMILES string of the molecule is CN1CCCN(CCOc2ccc(C(N)=S)cc2)CC1. The van der Waals surface area contributed by atoms with Crippen LogP contribution < -0.4 is 10.5 Å². The van der Waals surface area contributed by atoms with E-state index in [4.69, 9.17) is 22.7 Å². The molecule has 1 saturated heterocycles. The summed E-state index contributed by atoms with van der Waals surface area (Å²) in [7, 11) is 2.18. The Kier molecular flexibility index (Phi) is 5.76. The third-order valence-corrected chi connectivity index (χ3v) is 3.86. The number of likely N-dealkylation sites (N-methyl/N-ethyl adjacent to an activating group) is 1. The van der Waals surface area contributed by atoms with Crippen LogP contribution in [-0.4, -0.2) is 61.2 Å². The summed E-state index contributed by atoms with van der Waals surface area (Å²) in [6, 6.07) is 7.65. The van der Waals surface area contributed by atoms with Gasteiger partial charge in [0.25, 0.3) is 0 Å². The molecule has 110 valence electrons. The quantitative estimate of drug-likeness (QED) is 0.830. The molecule has 0 bridgehead atoms. The summed E-state index contributed by atoms with van der Waals surface area (Å²) >= 11 is 4.93. The van der Waals surface area contributed by atoms with Gasteiger partial charge in [0.05, 0.1) is 0 Å². The average molecular weight is 293 g/mol. The van der Waals surface area contributed by atoms with Crippen molar-refractivity contribution in [1.29, 1.82) is 0 Å². The van der Waals surface area contributed by atoms with Gasteiger partial charge >= 0.3 is 0 Å². The smallest absolute Gasteiger partial charge is 0.119 e. The molecule has 0 saturated carbocycles. The molecule has 1 aromatic carbocycles.